The second-order valence-corrected chi connectivity index (χ2v) is 22.9. The number of anilines is 1. The van der Waals surface area contributed by atoms with Crippen LogP contribution in [-0.2, 0) is 56.5 Å². The molecule has 0 aliphatic rings. The highest BCUT2D eigenvalue weighted by Crippen LogP contribution is 2.22. The van der Waals surface area contributed by atoms with Crippen LogP contribution < -0.4 is 33.6 Å². The van der Waals surface area contributed by atoms with Gasteiger partial charge in [-0.05, 0) is 141 Å². The van der Waals surface area contributed by atoms with E-state index in [4.69, 9.17) is 42.9 Å². The van der Waals surface area contributed by atoms with E-state index < -0.39 is 16.8 Å². The van der Waals surface area contributed by atoms with E-state index >= 15 is 0 Å². The van der Waals surface area contributed by atoms with Crippen LogP contribution in [0.15, 0.2) is 106 Å². The van der Waals surface area contributed by atoms with Crippen molar-refractivity contribution >= 4 is 30.1 Å². The summed E-state index contributed by atoms with van der Waals surface area (Å²) >= 11 is 0. The molecule has 8 aromatic rings. The van der Waals surface area contributed by atoms with Crippen LogP contribution in [0.1, 0.15) is 121 Å². The van der Waals surface area contributed by atoms with E-state index in [1.807, 2.05) is 126 Å². The third-order valence-corrected chi connectivity index (χ3v) is 10.7. The number of hydrogen-bond donors (Lipinski definition) is 6. The first-order valence-electron chi connectivity index (χ1n) is 28.3. The van der Waals surface area contributed by atoms with E-state index in [9.17, 15) is 14.4 Å². The minimum absolute atomic E-state index is 0. The van der Waals surface area contributed by atoms with E-state index in [2.05, 4.69) is 83.3 Å². The summed E-state index contributed by atoms with van der Waals surface area (Å²) in [7, 11) is 8.86. The lowest BCUT2D eigenvalue weighted by Gasteiger charge is -2.24. The van der Waals surface area contributed by atoms with Crippen LogP contribution in [0.2, 0.25) is 0 Å². The Hall–Kier alpha value is -10.1. The van der Waals surface area contributed by atoms with Gasteiger partial charge in [-0.15, -0.1) is 30.6 Å². The second-order valence-electron chi connectivity index (χ2n) is 22.9. The van der Waals surface area contributed by atoms with Gasteiger partial charge in [-0.3, -0.25) is 42.4 Å². The van der Waals surface area contributed by atoms with Crippen LogP contribution in [-0.4, -0.2) is 152 Å². The molecule has 0 bridgehead atoms. The van der Waals surface area contributed by atoms with Crippen molar-refractivity contribution in [3.8, 4) is 34.4 Å². The summed E-state index contributed by atoms with van der Waals surface area (Å²) in [4.78, 5) is 76.7. The Morgan fingerprint density at radius 2 is 0.745 bits per heavy atom. The lowest BCUT2D eigenvalue weighted by Crippen LogP contribution is -2.33. The average molecular weight is 1310 g/mol. The fourth-order valence-corrected chi connectivity index (χ4v) is 7.13. The maximum atomic E-state index is 12.0. The van der Waals surface area contributed by atoms with Gasteiger partial charge in [0.05, 0.1) is 48.2 Å². The molecular weight excluding hydrogens is 1220 g/mol. The SMILES string of the molecule is C.CN(Cc1cncc(NN)c1)C(=O)OC(C)(C)C.CNCc1cncc(-c2nnc(C)o2)c1.CNCc1cncc(-c2nnc(C)o2)c1.Cc1cncc(CN(C)C(=O)OC(C)(C)C)c1.Cc1nnc(-c2cncc(CN(C)C(=O)OC(C)(C)C)c2)o1.NN.O.O=C=O. The Balaban J connectivity index is 0.00000113. The molecule has 0 fully saturated rings. The first kappa shape index (κ1) is 83.9. The lowest BCUT2D eigenvalue weighted by atomic mass is 10.2. The van der Waals surface area contributed by atoms with Crippen molar-refractivity contribution in [3.05, 3.63) is 143 Å². The van der Waals surface area contributed by atoms with Gasteiger partial charge in [-0.2, -0.15) is 9.59 Å². The Bertz CT molecular complexity index is 3430. The highest BCUT2D eigenvalue weighted by molar-refractivity contribution is 5.69. The van der Waals surface area contributed by atoms with Crippen LogP contribution in [0.5, 0.6) is 0 Å². The van der Waals surface area contributed by atoms with Crippen LogP contribution >= 0.6 is 0 Å². The Morgan fingerprint density at radius 3 is 1.02 bits per heavy atom. The summed E-state index contributed by atoms with van der Waals surface area (Å²) < 4.78 is 31.9. The number of rotatable bonds is 14. The quantitative estimate of drug-likeness (QED) is 0.0345. The summed E-state index contributed by atoms with van der Waals surface area (Å²) in [6.45, 7) is 26.6. The number of nitrogens with one attached hydrogen (secondary N) is 3. The highest BCUT2D eigenvalue weighted by Gasteiger charge is 2.23. The van der Waals surface area contributed by atoms with Crippen LogP contribution in [0.25, 0.3) is 34.4 Å². The third-order valence-electron chi connectivity index (χ3n) is 10.7. The number of aryl methyl sites for hydroxylation is 4. The molecule has 8 heterocycles. The summed E-state index contributed by atoms with van der Waals surface area (Å²) in [5.74, 6) is 16.3. The molecule has 0 radical (unpaired) electrons. The van der Waals surface area contributed by atoms with E-state index in [-0.39, 0.29) is 37.3 Å². The molecule has 32 heteroatoms. The van der Waals surface area contributed by atoms with Crippen molar-refractivity contribution in [2.24, 2.45) is 17.5 Å². The number of nitrogen functional groups attached to an aromatic ring is 1. The van der Waals surface area contributed by atoms with Gasteiger partial charge in [0, 0.05) is 111 Å². The first-order valence-corrected chi connectivity index (χ1v) is 28.3. The highest BCUT2D eigenvalue weighted by atomic mass is 16.6. The molecule has 514 valence electrons. The Kier molecular flexibility index (Phi) is 37.6. The summed E-state index contributed by atoms with van der Waals surface area (Å²) in [6, 6.07) is 9.66. The summed E-state index contributed by atoms with van der Waals surface area (Å²) in [5, 5.41) is 29.3. The summed E-state index contributed by atoms with van der Waals surface area (Å²) in [5.41, 5.74) is 10.1. The van der Waals surface area contributed by atoms with Gasteiger partial charge in [0.15, 0.2) is 0 Å². The number of nitrogens with zero attached hydrogens (tertiary/aromatic N) is 14. The number of hydrogen-bond acceptors (Lipinski definition) is 28. The van der Waals surface area contributed by atoms with Gasteiger partial charge in [0.1, 0.15) is 16.8 Å². The van der Waals surface area contributed by atoms with Gasteiger partial charge in [-0.1, -0.05) is 13.5 Å². The Morgan fingerprint density at radius 1 is 0.468 bits per heavy atom. The van der Waals surface area contributed by atoms with Crippen molar-refractivity contribution in [1.82, 2.24) is 80.8 Å². The number of nitrogens with two attached hydrogens (primary N) is 3. The zero-order chi connectivity index (χ0) is 69.2. The van der Waals surface area contributed by atoms with Crippen molar-refractivity contribution in [2.75, 3.05) is 40.7 Å². The lowest BCUT2D eigenvalue weighted by molar-refractivity contribution is -0.191. The number of aromatic nitrogens is 11. The number of ether oxygens (including phenoxy) is 3. The molecular formula is C62H94N20O12. The molecule has 0 saturated carbocycles. The smallest absolute Gasteiger partial charge is 0.410 e. The number of pyridine rings is 5. The molecule has 0 aliphatic carbocycles. The number of carbonyl (C=O) groups excluding carboxylic acids is 5. The molecule has 94 heavy (non-hydrogen) atoms. The van der Waals surface area contributed by atoms with Crippen LogP contribution in [0.4, 0.5) is 20.1 Å². The third kappa shape index (κ3) is 33.8. The zero-order valence-electron chi connectivity index (χ0n) is 56.2. The Labute approximate surface area is 548 Å². The number of hydrazine groups is 2. The number of amides is 3. The van der Waals surface area contributed by atoms with Gasteiger partial charge in [0.25, 0.3) is 0 Å². The molecule has 8 aromatic heterocycles. The standard InChI is InChI=1S/C15H20N4O3.C13H20N2O2.C12H20N4O2.2C10H12N4O.CO2.CH4.H4N2.H2O/c1-10-17-18-13(21-10)12-6-11(7-16-8-12)9-19(5)14(20)22-15(2,3)4;1-10-6-11(8-14-7-10)9-15(5)12(16)17-13(2,3)4;1-12(2,3)18-11(17)16(4)8-9-5-10(15-13)7-14-6-9;2*1-7-13-14-10(15-7)9-3-8(4-11-2)5-12-6-9;2-1-3;;1-2;/h6-8H,9H2,1-5H3;6-8H,9H2,1-5H3;5-7,15H,8,13H2,1-4H3;2*3,5-6,11H,4H2,1-2H3;;1H4;1-2H2;1H2. The first-order chi connectivity index (χ1) is 43.3. The van der Waals surface area contributed by atoms with Gasteiger partial charge < -0.3 is 63.7 Å². The number of carbonyl (C=O) groups is 3. The molecule has 3 amide bonds. The van der Waals surface area contributed by atoms with E-state index in [0.29, 0.717) is 60.7 Å². The fraction of sp³-hybridized carbons (Fsp3) is 0.435. The molecule has 11 N–H and O–H groups in total. The zero-order valence-corrected chi connectivity index (χ0v) is 56.2. The molecule has 0 aliphatic heterocycles. The second kappa shape index (κ2) is 42.1. The predicted octanol–water partition coefficient (Wildman–Crippen LogP) is 7.66. The molecule has 0 spiro atoms. The topological polar surface area (TPSA) is 450 Å². The minimum Gasteiger partial charge on any atom is -0.444 e. The molecule has 8 rings (SSSR count). The van der Waals surface area contributed by atoms with Gasteiger partial charge >= 0.3 is 24.4 Å². The molecule has 0 saturated heterocycles. The monoisotopic (exact) mass is 1310 g/mol. The van der Waals surface area contributed by atoms with Crippen LogP contribution in [0.3, 0.4) is 0 Å². The maximum absolute atomic E-state index is 12.0. The normalized spacial score (nSPS) is 10.3. The van der Waals surface area contributed by atoms with Crippen molar-refractivity contribution in [1.29, 1.82) is 0 Å². The summed E-state index contributed by atoms with van der Waals surface area (Å²) in [6.07, 6.45) is 16.4. The van der Waals surface area contributed by atoms with E-state index in [1.54, 1.807) is 96.4 Å². The largest absolute Gasteiger partial charge is 0.444 e. The van der Waals surface area contributed by atoms with Crippen molar-refractivity contribution in [3.63, 3.8) is 0 Å². The predicted molar refractivity (Wildman–Crippen MR) is 350 cm³/mol. The maximum Gasteiger partial charge on any atom is 0.410 e. The molecule has 0 aromatic carbocycles. The molecule has 32 nitrogen and oxygen atoms in total. The minimum atomic E-state index is -0.521. The average Bonchev–Trinajstić information content (AvgIpc) is 1.71. The van der Waals surface area contributed by atoms with Gasteiger partial charge in [0.2, 0.25) is 35.3 Å². The van der Waals surface area contributed by atoms with E-state index in [1.165, 1.54) is 9.80 Å². The van der Waals surface area contributed by atoms with E-state index in [0.717, 1.165) is 63.2 Å². The van der Waals surface area contributed by atoms with Crippen molar-refractivity contribution < 1.29 is 56.9 Å². The van der Waals surface area contributed by atoms with Crippen LogP contribution in [0, 0.1) is 27.7 Å². The molecule has 0 unspecified atom stereocenters. The fourth-order valence-electron chi connectivity index (χ4n) is 7.13. The van der Waals surface area contributed by atoms with Crippen molar-refractivity contribution in [2.45, 2.75) is 147 Å². The van der Waals surface area contributed by atoms with Gasteiger partial charge in [-0.25, -0.2) is 14.4 Å². The molecule has 0 atom stereocenters.